The molecule has 0 aromatic heterocycles. The van der Waals surface area contributed by atoms with Gasteiger partial charge in [0.2, 0.25) is 0 Å². The van der Waals surface area contributed by atoms with E-state index in [-0.39, 0.29) is 5.82 Å². The van der Waals surface area contributed by atoms with Crippen molar-refractivity contribution in [1.29, 1.82) is 0 Å². The average Bonchev–Trinajstić information content (AvgIpc) is 2.70. The Labute approximate surface area is 132 Å². The second kappa shape index (κ2) is 6.26. The van der Waals surface area contributed by atoms with E-state index in [1.165, 1.54) is 11.1 Å². The Kier molecular flexibility index (Phi) is 4.73. The van der Waals surface area contributed by atoms with Gasteiger partial charge in [0.15, 0.2) is 12.8 Å². The maximum absolute atomic E-state index is 14.7. The first-order chi connectivity index (χ1) is 10.7. The predicted octanol–water partition coefficient (Wildman–Crippen LogP) is -0.654. The molecule has 23 heavy (non-hydrogen) atoms. The molecule has 0 spiro atoms. The molecule has 1 amide bonds. The zero-order valence-electron chi connectivity index (χ0n) is 12.7. The third kappa shape index (κ3) is 3.36. The number of rotatable bonds is 4. The Hall–Kier alpha value is -1.97. The number of esters is 1. The van der Waals surface area contributed by atoms with Crippen molar-refractivity contribution in [2.24, 2.45) is 5.92 Å². The molecule has 0 unspecified atom stereocenters. The summed E-state index contributed by atoms with van der Waals surface area (Å²) >= 11 is 0. The fourth-order valence-corrected chi connectivity index (χ4v) is 2.15. The minimum absolute atomic E-state index is 0.0529. The van der Waals surface area contributed by atoms with Crippen molar-refractivity contribution >= 4 is 11.9 Å². The quantitative estimate of drug-likeness (QED) is 0.588. The molecule has 0 radical (unpaired) electrons. The van der Waals surface area contributed by atoms with E-state index in [1.54, 1.807) is 13.8 Å². The minimum atomic E-state index is -2.77. The van der Waals surface area contributed by atoms with Crippen LogP contribution in [0.4, 0.5) is 4.39 Å². The number of aliphatic hydroxyl groups is 2. The van der Waals surface area contributed by atoms with Gasteiger partial charge in [-0.3, -0.25) is 9.59 Å². The van der Waals surface area contributed by atoms with Gasteiger partial charge in [-0.25, -0.2) is 4.39 Å². The van der Waals surface area contributed by atoms with Crippen LogP contribution in [0, 0.1) is 5.92 Å². The number of amides is 1. The Balaban J connectivity index is 2.11. The highest BCUT2D eigenvalue weighted by molar-refractivity contribution is 5.89. The van der Waals surface area contributed by atoms with Gasteiger partial charge in [-0.1, -0.05) is 20.4 Å². The molecular formula is C14H19FN2O6. The molecule has 2 aliphatic rings. The van der Waals surface area contributed by atoms with Crippen LogP contribution in [0.15, 0.2) is 24.7 Å². The molecule has 3 N–H and O–H groups in total. The van der Waals surface area contributed by atoms with Gasteiger partial charge in [0.1, 0.15) is 18.0 Å². The Morgan fingerprint density at radius 1 is 1.61 bits per heavy atom. The third-order valence-corrected chi connectivity index (χ3v) is 3.50. The van der Waals surface area contributed by atoms with E-state index in [2.05, 4.69) is 11.9 Å². The first kappa shape index (κ1) is 17.4. The molecule has 0 aromatic rings. The van der Waals surface area contributed by atoms with Crippen LogP contribution in [-0.4, -0.2) is 57.9 Å². The van der Waals surface area contributed by atoms with Crippen molar-refractivity contribution in [1.82, 2.24) is 10.2 Å². The predicted molar refractivity (Wildman–Crippen MR) is 74.8 cm³/mol. The highest BCUT2D eigenvalue weighted by Gasteiger charge is 2.58. The van der Waals surface area contributed by atoms with Gasteiger partial charge < -0.3 is 29.9 Å². The van der Waals surface area contributed by atoms with Gasteiger partial charge in [0.05, 0.1) is 5.92 Å². The monoisotopic (exact) mass is 330 g/mol. The van der Waals surface area contributed by atoms with Gasteiger partial charge in [0.25, 0.3) is 11.8 Å². The first-order valence-electron chi connectivity index (χ1n) is 7.01. The Morgan fingerprint density at radius 2 is 2.26 bits per heavy atom. The molecular weight excluding hydrogens is 311 g/mol. The lowest BCUT2D eigenvalue weighted by atomic mass is 10.1. The number of carbonyl (C=O) groups excluding carboxylic acids is 2. The smallest absolute Gasteiger partial charge is 0.308 e. The largest absolute Gasteiger partial charge is 0.459 e. The molecule has 128 valence electrons. The van der Waals surface area contributed by atoms with E-state index < -0.39 is 48.7 Å². The van der Waals surface area contributed by atoms with Crippen molar-refractivity contribution in [2.45, 2.75) is 38.1 Å². The Morgan fingerprint density at radius 3 is 2.83 bits per heavy atom. The molecule has 0 aliphatic carbocycles. The zero-order chi connectivity index (χ0) is 17.4. The van der Waals surface area contributed by atoms with Crippen LogP contribution in [0.2, 0.25) is 0 Å². The molecule has 8 nitrogen and oxygen atoms in total. The van der Waals surface area contributed by atoms with Crippen LogP contribution in [0.5, 0.6) is 0 Å². The number of alkyl halides is 1. The number of nitrogens with one attached hydrogen (secondary N) is 1. The number of ether oxygens (including phenoxy) is 2. The highest BCUT2D eigenvalue weighted by Crippen LogP contribution is 2.36. The van der Waals surface area contributed by atoms with Crippen LogP contribution >= 0.6 is 0 Å². The SMILES string of the molecule is C=C1NC(=O)C=CN1[C@@H]1O[C@](F)(COC(=O)C(C)C)[C@@H](O)[C@H]1O. The summed E-state index contributed by atoms with van der Waals surface area (Å²) in [6, 6.07) is 0. The summed E-state index contributed by atoms with van der Waals surface area (Å²) in [5.74, 6) is -4.29. The van der Waals surface area contributed by atoms with Crippen molar-refractivity contribution in [3.05, 3.63) is 24.7 Å². The van der Waals surface area contributed by atoms with E-state index in [9.17, 15) is 24.2 Å². The van der Waals surface area contributed by atoms with Crippen LogP contribution in [-0.2, 0) is 19.1 Å². The summed E-state index contributed by atoms with van der Waals surface area (Å²) in [6.45, 7) is 5.83. The van der Waals surface area contributed by atoms with Crippen molar-refractivity contribution in [2.75, 3.05) is 6.61 Å². The van der Waals surface area contributed by atoms with Crippen LogP contribution in [0.25, 0.3) is 0 Å². The van der Waals surface area contributed by atoms with E-state index in [0.717, 1.165) is 6.08 Å². The van der Waals surface area contributed by atoms with Gasteiger partial charge in [-0.15, -0.1) is 0 Å². The molecule has 1 saturated heterocycles. The lowest BCUT2D eigenvalue weighted by molar-refractivity contribution is -0.220. The summed E-state index contributed by atoms with van der Waals surface area (Å²) in [7, 11) is 0. The third-order valence-electron chi connectivity index (χ3n) is 3.50. The molecule has 0 bridgehead atoms. The fraction of sp³-hybridized carbons (Fsp3) is 0.571. The van der Waals surface area contributed by atoms with Crippen molar-refractivity contribution in [3.8, 4) is 0 Å². The van der Waals surface area contributed by atoms with Crippen LogP contribution < -0.4 is 5.32 Å². The summed E-state index contributed by atoms with van der Waals surface area (Å²) < 4.78 is 24.5. The number of hydrogen-bond donors (Lipinski definition) is 3. The van der Waals surface area contributed by atoms with Crippen molar-refractivity contribution < 1.29 is 33.7 Å². The lowest BCUT2D eigenvalue weighted by Gasteiger charge is -2.32. The summed E-state index contributed by atoms with van der Waals surface area (Å²) in [5, 5.41) is 22.3. The van der Waals surface area contributed by atoms with Crippen molar-refractivity contribution in [3.63, 3.8) is 0 Å². The average molecular weight is 330 g/mol. The molecule has 2 heterocycles. The second-order valence-corrected chi connectivity index (χ2v) is 5.65. The number of nitrogens with zero attached hydrogens (tertiary/aromatic N) is 1. The fourth-order valence-electron chi connectivity index (χ4n) is 2.15. The number of halogens is 1. The van der Waals surface area contributed by atoms with E-state index in [0.29, 0.717) is 0 Å². The molecule has 2 aliphatic heterocycles. The molecule has 9 heteroatoms. The standard InChI is InChI=1S/C14H19FN2O6/c1-7(2)13(21)22-6-14(15)11(20)10(19)12(23-14)17-5-4-9(18)16-8(17)3/h4-5,7,10-12,19-20H,3,6H2,1-2H3,(H,16,18)/t10-,11+,12-,14-/m1/s1. The number of carbonyl (C=O) groups is 2. The Bertz CT molecular complexity index is 551. The maximum Gasteiger partial charge on any atom is 0.308 e. The molecule has 4 atom stereocenters. The van der Waals surface area contributed by atoms with E-state index in [4.69, 9.17) is 9.47 Å². The van der Waals surface area contributed by atoms with Gasteiger partial charge in [-0.2, -0.15) is 0 Å². The summed E-state index contributed by atoms with van der Waals surface area (Å²) in [6.07, 6.45) is -2.54. The maximum atomic E-state index is 14.7. The summed E-state index contributed by atoms with van der Waals surface area (Å²) in [5.41, 5.74) is 0. The highest BCUT2D eigenvalue weighted by atomic mass is 19.2. The van der Waals surface area contributed by atoms with Gasteiger partial charge in [0, 0.05) is 12.3 Å². The van der Waals surface area contributed by atoms with E-state index in [1.807, 2.05) is 0 Å². The van der Waals surface area contributed by atoms with E-state index >= 15 is 0 Å². The van der Waals surface area contributed by atoms with Gasteiger partial charge >= 0.3 is 5.97 Å². The molecule has 1 fully saturated rings. The first-order valence-corrected chi connectivity index (χ1v) is 7.01. The molecule has 0 saturated carbocycles. The zero-order valence-corrected chi connectivity index (χ0v) is 12.7. The summed E-state index contributed by atoms with van der Waals surface area (Å²) in [4.78, 5) is 23.8. The number of aliphatic hydroxyl groups excluding tert-OH is 2. The minimum Gasteiger partial charge on any atom is -0.459 e. The second-order valence-electron chi connectivity index (χ2n) is 5.65. The number of hydrogen-bond acceptors (Lipinski definition) is 7. The molecule has 2 rings (SSSR count). The normalized spacial score (nSPS) is 34.0. The van der Waals surface area contributed by atoms with Gasteiger partial charge in [-0.05, 0) is 0 Å². The molecule has 0 aromatic carbocycles. The van der Waals surface area contributed by atoms with Crippen LogP contribution in [0.3, 0.4) is 0 Å². The topological polar surface area (TPSA) is 108 Å². The van der Waals surface area contributed by atoms with Crippen LogP contribution in [0.1, 0.15) is 13.8 Å². The lowest BCUT2D eigenvalue weighted by Crippen LogP contribution is -2.46.